The monoisotopic (exact) mass is 140 g/mol. The fourth-order valence-corrected chi connectivity index (χ4v) is 0.727. The zero-order valence-electron chi connectivity index (χ0n) is 5.83. The molecule has 0 aliphatic rings. The predicted molar refractivity (Wildman–Crippen MR) is 40.4 cm³/mol. The number of hydrogen-bond acceptors (Lipinski definition) is 2. The van der Waals surface area contributed by atoms with Crippen LogP contribution in [-0.4, -0.2) is 22.9 Å². The van der Waals surface area contributed by atoms with Crippen molar-refractivity contribution in [1.29, 1.82) is 0 Å². The molecular weight excluding hydrogens is 128 g/mol. The number of nitrogens with one attached hydrogen (secondary N) is 1. The van der Waals surface area contributed by atoms with E-state index in [0.717, 1.165) is 13.0 Å². The van der Waals surface area contributed by atoms with Crippen LogP contribution < -0.4 is 5.43 Å². The molecular formula is C7H12N2O. The van der Waals surface area contributed by atoms with Crippen molar-refractivity contribution in [2.75, 3.05) is 18.6 Å². The molecule has 0 amide bonds. The first kappa shape index (κ1) is 7.15. The largest absolute Gasteiger partial charge is 0.396 e. The molecule has 0 saturated carbocycles. The standard InChI is InChI=1S/C7H12N2O/c10-7-3-4-8-9-5-1-2-6-9/h1-2,5-6,8,10H,3-4,7H2. The topological polar surface area (TPSA) is 37.2 Å². The molecule has 0 aliphatic heterocycles. The molecule has 1 heterocycles. The van der Waals surface area contributed by atoms with E-state index in [1.165, 1.54) is 0 Å². The molecule has 0 atom stereocenters. The minimum Gasteiger partial charge on any atom is -0.396 e. The summed E-state index contributed by atoms with van der Waals surface area (Å²) in [6.07, 6.45) is 4.65. The van der Waals surface area contributed by atoms with Gasteiger partial charge in [-0.1, -0.05) is 0 Å². The summed E-state index contributed by atoms with van der Waals surface area (Å²) >= 11 is 0. The summed E-state index contributed by atoms with van der Waals surface area (Å²) in [7, 11) is 0. The van der Waals surface area contributed by atoms with Gasteiger partial charge >= 0.3 is 0 Å². The van der Waals surface area contributed by atoms with E-state index >= 15 is 0 Å². The van der Waals surface area contributed by atoms with Crippen molar-refractivity contribution in [1.82, 2.24) is 4.68 Å². The van der Waals surface area contributed by atoms with Crippen molar-refractivity contribution < 1.29 is 5.11 Å². The number of aromatic nitrogens is 1. The van der Waals surface area contributed by atoms with Crippen molar-refractivity contribution in [3.8, 4) is 0 Å². The fraction of sp³-hybridized carbons (Fsp3) is 0.429. The number of aliphatic hydroxyl groups excluding tert-OH is 1. The van der Waals surface area contributed by atoms with Gasteiger partial charge in [0.05, 0.1) is 0 Å². The Labute approximate surface area is 60.3 Å². The van der Waals surface area contributed by atoms with E-state index < -0.39 is 0 Å². The van der Waals surface area contributed by atoms with Gasteiger partial charge in [-0.15, -0.1) is 0 Å². The van der Waals surface area contributed by atoms with E-state index in [1.54, 1.807) is 0 Å². The minimum atomic E-state index is 0.244. The maximum atomic E-state index is 8.45. The maximum Gasteiger partial charge on any atom is 0.0448 e. The Morgan fingerprint density at radius 2 is 2.00 bits per heavy atom. The molecule has 3 heteroatoms. The van der Waals surface area contributed by atoms with Gasteiger partial charge in [-0.2, -0.15) is 0 Å². The van der Waals surface area contributed by atoms with Gasteiger partial charge < -0.3 is 10.5 Å². The highest BCUT2D eigenvalue weighted by Crippen LogP contribution is 1.84. The Balaban J connectivity index is 2.15. The molecule has 0 bridgehead atoms. The van der Waals surface area contributed by atoms with Gasteiger partial charge in [-0.3, -0.25) is 4.68 Å². The van der Waals surface area contributed by atoms with Crippen LogP contribution in [0.3, 0.4) is 0 Å². The molecule has 56 valence electrons. The first-order valence-electron chi connectivity index (χ1n) is 3.41. The average molecular weight is 140 g/mol. The Bertz CT molecular complexity index is 160. The van der Waals surface area contributed by atoms with Crippen LogP contribution >= 0.6 is 0 Å². The Kier molecular flexibility index (Phi) is 2.83. The highest BCUT2D eigenvalue weighted by atomic mass is 16.3. The average Bonchev–Trinajstić information content (AvgIpc) is 2.41. The van der Waals surface area contributed by atoms with E-state index in [4.69, 9.17) is 5.11 Å². The Morgan fingerprint density at radius 1 is 1.30 bits per heavy atom. The first-order valence-corrected chi connectivity index (χ1v) is 3.41. The van der Waals surface area contributed by atoms with Gasteiger partial charge in [0.25, 0.3) is 0 Å². The van der Waals surface area contributed by atoms with Crippen LogP contribution in [0.25, 0.3) is 0 Å². The summed E-state index contributed by atoms with van der Waals surface area (Å²) < 4.78 is 1.87. The minimum absolute atomic E-state index is 0.244. The molecule has 10 heavy (non-hydrogen) atoms. The highest BCUT2D eigenvalue weighted by molar-refractivity contribution is 4.92. The van der Waals surface area contributed by atoms with Crippen molar-refractivity contribution in [3.63, 3.8) is 0 Å². The van der Waals surface area contributed by atoms with Crippen LogP contribution in [0.2, 0.25) is 0 Å². The van der Waals surface area contributed by atoms with Crippen LogP contribution in [0.1, 0.15) is 6.42 Å². The van der Waals surface area contributed by atoms with E-state index in [0.29, 0.717) is 0 Å². The number of rotatable bonds is 4. The molecule has 0 fully saturated rings. The summed E-state index contributed by atoms with van der Waals surface area (Å²) in [5.74, 6) is 0. The van der Waals surface area contributed by atoms with Crippen molar-refractivity contribution >= 4 is 0 Å². The van der Waals surface area contributed by atoms with Gasteiger partial charge in [0, 0.05) is 25.5 Å². The number of aliphatic hydroxyl groups is 1. The third-order valence-electron chi connectivity index (χ3n) is 1.23. The van der Waals surface area contributed by atoms with Crippen molar-refractivity contribution in [2.45, 2.75) is 6.42 Å². The normalized spacial score (nSPS) is 9.70. The number of hydrogen-bond donors (Lipinski definition) is 2. The molecule has 0 unspecified atom stereocenters. The number of nitrogens with zero attached hydrogens (tertiary/aromatic N) is 1. The maximum absolute atomic E-state index is 8.45. The summed E-state index contributed by atoms with van der Waals surface area (Å²) in [4.78, 5) is 0. The quantitative estimate of drug-likeness (QED) is 0.594. The summed E-state index contributed by atoms with van der Waals surface area (Å²) in [6, 6.07) is 3.90. The van der Waals surface area contributed by atoms with Crippen LogP contribution in [0.4, 0.5) is 0 Å². The van der Waals surface area contributed by atoms with Crippen LogP contribution in [0, 0.1) is 0 Å². The third kappa shape index (κ3) is 2.11. The molecule has 1 aromatic heterocycles. The summed E-state index contributed by atoms with van der Waals surface area (Å²) in [6.45, 7) is 1.06. The Hall–Kier alpha value is -0.960. The zero-order chi connectivity index (χ0) is 7.23. The second-order valence-corrected chi connectivity index (χ2v) is 2.08. The van der Waals surface area contributed by atoms with E-state index in [2.05, 4.69) is 5.43 Å². The lowest BCUT2D eigenvalue weighted by Gasteiger charge is -2.04. The first-order chi connectivity index (χ1) is 4.93. The van der Waals surface area contributed by atoms with Crippen LogP contribution in [0.5, 0.6) is 0 Å². The van der Waals surface area contributed by atoms with E-state index in [1.807, 2.05) is 29.2 Å². The van der Waals surface area contributed by atoms with Gasteiger partial charge in [0.2, 0.25) is 0 Å². The summed E-state index contributed by atoms with van der Waals surface area (Å²) in [5.41, 5.74) is 3.08. The molecule has 0 aliphatic carbocycles. The predicted octanol–water partition coefficient (Wildman–Crippen LogP) is 0.414. The molecule has 0 radical (unpaired) electrons. The van der Waals surface area contributed by atoms with Gasteiger partial charge in [-0.25, -0.2) is 0 Å². The molecule has 0 saturated heterocycles. The second kappa shape index (κ2) is 3.95. The lowest BCUT2D eigenvalue weighted by molar-refractivity contribution is 0.291. The van der Waals surface area contributed by atoms with Crippen LogP contribution in [-0.2, 0) is 0 Å². The SMILES string of the molecule is OCCCNn1cccc1. The zero-order valence-corrected chi connectivity index (χ0v) is 5.83. The fourth-order valence-electron chi connectivity index (χ4n) is 0.727. The van der Waals surface area contributed by atoms with E-state index in [-0.39, 0.29) is 6.61 Å². The van der Waals surface area contributed by atoms with Gasteiger partial charge in [0.1, 0.15) is 0 Å². The van der Waals surface area contributed by atoms with Gasteiger partial charge in [0.15, 0.2) is 0 Å². The second-order valence-electron chi connectivity index (χ2n) is 2.08. The van der Waals surface area contributed by atoms with Crippen molar-refractivity contribution in [2.24, 2.45) is 0 Å². The third-order valence-corrected chi connectivity index (χ3v) is 1.23. The molecule has 0 spiro atoms. The smallest absolute Gasteiger partial charge is 0.0448 e. The molecule has 0 aromatic carbocycles. The molecule has 2 N–H and O–H groups in total. The van der Waals surface area contributed by atoms with Crippen molar-refractivity contribution in [3.05, 3.63) is 24.5 Å². The lowest BCUT2D eigenvalue weighted by Crippen LogP contribution is -2.14. The van der Waals surface area contributed by atoms with Crippen LogP contribution in [0.15, 0.2) is 24.5 Å². The van der Waals surface area contributed by atoms with E-state index in [9.17, 15) is 0 Å². The molecule has 3 nitrogen and oxygen atoms in total. The molecule has 1 rings (SSSR count). The Morgan fingerprint density at radius 3 is 2.60 bits per heavy atom. The van der Waals surface area contributed by atoms with Gasteiger partial charge in [-0.05, 0) is 18.6 Å². The molecule has 1 aromatic rings. The highest BCUT2D eigenvalue weighted by Gasteiger charge is 1.84. The summed E-state index contributed by atoms with van der Waals surface area (Å²) in [5, 5.41) is 8.45. The lowest BCUT2D eigenvalue weighted by atomic mass is 10.5.